The highest BCUT2D eigenvalue weighted by Crippen LogP contribution is 2.28. The van der Waals surface area contributed by atoms with Crippen molar-refractivity contribution in [3.05, 3.63) is 58.1 Å². The molecule has 0 radical (unpaired) electrons. The number of para-hydroxylation sites is 1. The van der Waals surface area contributed by atoms with Crippen molar-refractivity contribution < 1.29 is 18.0 Å². The van der Waals surface area contributed by atoms with E-state index in [0.717, 1.165) is 6.07 Å². The summed E-state index contributed by atoms with van der Waals surface area (Å²) in [4.78, 5) is 23.6. The molecule has 2 rings (SSSR count). The first kappa shape index (κ1) is 22.0. The summed E-state index contributed by atoms with van der Waals surface area (Å²) in [6, 6.07) is 10.1. The lowest BCUT2D eigenvalue weighted by molar-refractivity contribution is -0.122. The lowest BCUT2D eigenvalue weighted by Gasteiger charge is -2.13. The standard InChI is InChI=1S/C18H19Cl2N3O4S/c1-11(2)9-17(24)21-22-18(25)12-7-8-14(20)16(10-12)28(26,27)23-15-6-4-3-5-13(15)19/h3-8,10-11,23H,9H2,1-2H3,(H,21,24)(H,22,25). The molecule has 0 spiro atoms. The normalized spacial score (nSPS) is 11.2. The highest BCUT2D eigenvalue weighted by molar-refractivity contribution is 7.92. The highest BCUT2D eigenvalue weighted by Gasteiger charge is 2.21. The zero-order valence-corrected chi connectivity index (χ0v) is 17.5. The monoisotopic (exact) mass is 443 g/mol. The number of hydrazine groups is 1. The number of carbonyl (C=O) groups is 2. The Morgan fingerprint density at radius 2 is 1.68 bits per heavy atom. The van der Waals surface area contributed by atoms with Crippen LogP contribution in [-0.2, 0) is 14.8 Å². The molecule has 0 heterocycles. The smallest absolute Gasteiger partial charge is 0.269 e. The minimum Gasteiger partial charge on any atom is -0.278 e. The van der Waals surface area contributed by atoms with E-state index in [1.54, 1.807) is 12.1 Å². The predicted octanol–water partition coefficient (Wildman–Crippen LogP) is 3.60. The fourth-order valence-corrected chi connectivity index (χ4v) is 4.06. The van der Waals surface area contributed by atoms with Gasteiger partial charge in [0.2, 0.25) is 5.91 Å². The van der Waals surface area contributed by atoms with Gasteiger partial charge >= 0.3 is 0 Å². The molecule has 28 heavy (non-hydrogen) atoms. The summed E-state index contributed by atoms with van der Waals surface area (Å²) in [6.45, 7) is 3.73. The molecule has 0 aliphatic rings. The molecule has 0 unspecified atom stereocenters. The Morgan fingerprint density at radius 3 is 2.32 bits per heavy atom. The Kier molecular flexibility index (Phi) is 7.29. The number of halogens is 2. The average Bonchev–Trinajstić information content (AvgIpc) is 2.61. The van der Waals surface area contributed by atoms with Gasteiger partial charge in [-0.05, 0) is 36.2 Å². The second-order valence-electron chi connectivity index (χ2n) is 6.33. The number of amides is 2. The van der Waals surface area contributed by atoms with E-state index in [-0.39, 0.29) is 44.4 Å². The Labute approximate surface area is 173 Å². The maximum atomic E-state index is 12.7. The molecule has 0 bridgehead atoms. The van der Waals surface area contributed by atoms with Crippen molar-refractivity contribution in [3.63, 3.8) is 0 Å². The van der Waals surface area contributed by atoms with Crippen LogP contribution in [0.25, 0.3) is 0 Å². The molecule has 150 valence electrons. The molecule has 0 atom stereocenters. The summed E-state index contributed by atoms with van der Waals surface area (Å²) < 4.78 is 27.7. The van der Waals surface area contributed by atoms with Crippen LogP contribution in [0.5, 0.6) is 0 Å². The SMILES string of the molecule is CC(C)CC(=O)NNC(=O)c1ccc(Cl)c(S(=O)(=O)Nc2ccccc2Cl)c1. The molecule has 3 N–H and O–H groups in total. The second-order valence-corrected chi connectivity index (χ2v) is 8.80. The third-order valence-electron chi connectivity index (χ3n) is 3.51. The fraction of sp³-hybridized carbons (Fsp3) is 0.222. The van der Waals surface area contributed by atoms with E-state index in [1.165, 1.54) is 24.3 Å². The molecule has 10 heteroatoms. The fourth-order valence-electron chi connectivity index (χ4n) is 2.21. The summed E-state index contributed by atoms with van der Waals surface area (Å²) in [5.41, 5.74) is 4.71. The summed E-state index contributed by atoms with van der Waals surface area (Å²) in [5, 5.41) is 0.143. The highest BCUT2D eigenvalue weighted by atomic mass is 35.5. The molecule has 2 aromatic rings. The Bertz CT molecular complexity index is 994. The molecule has 0 aliphatic heterocycles. The van der Waals surface area contributed by atoms with E-state index in [0.29, 0.717) is 0 Å². The number of sulfonamides is 1. The van der Waals surface area contributed by atoms with Gasteiger partial charge in [-0.3, -0.25) is 25.2 Å². The number of anilines is 1. The first-order valence-corrected chi connectivity index (χ1v) is 10.5. The second kappa shape index (κ2) is 9.27. The quantitative estimate of drug-likeness (QED) is 0.593. The molecule has 0 saturated heterocycles. The van der Waals surface area contributed by atoms with Crippen LogP contribution in [-0.4, -0.2) is 20.2 Å². The molecule has 7 nitrogen and oxygen atoms in total. The molecule has 0 aromatic heterocycles. The molecule has 2 amide bonds. The van der Waals surface area contributed by atoms with Crippen molar-refractivity contribution in [1.82, 2.24) is 10.9 Å². The summed E-state index contributed by atoms with van der Waals surface area (Å²) in [6.07, 6.45) is 0.238. The Morgan fingerprint density at radius 1 is 1.00 bits per heavy atom. The topological polar surface area (TPSA) is 104 Å². The van der Waals surface area contributed by atoms with E-state index >= 15 is 0 Å². The van der Waals surface area contributed by atoms with Crippen LogP contribution in [0.3, 0.4) is 0 Å². The predicted molar refractivity (Wildman–Crippen MR) is 109 cm³/mol. The van der Waals surface area contributed by atoms with E-state index in [4.69, 9.17) is 23.2 Å². The first-order valence-electron chi connectivity index (χ1n) is 8.26. The molecule has 0 fully saturated rings. The number of hydrogen-bond donors (Lipinski definition) is 3. The van der Waals surface area contributed by atoms with E-state index in [2.05, 4.69) is 15.6 Å². The Hall–Kier alpha value is -2.29. The van der Waals surface area contributed by atoms with Gasteiger partial charge < -0.3 is 0 Å². The van der Waals surface area contributed by atoms with Crippen LogP contribution in [0.4, 0.5) is 5.69 Å². The van der Waals surface area contributed by atoms with Crippen LogP contribution in [0.2, 0.25) is 10.0 Å². The first-order chi connectivity index (χ1) is 13.1. The minimum absolute atomic E-state index is 0.00813. The van der Waals surface area contributed by atoms with Crippen molar-refractivity contribution in [2.24, 2.45) is 5.92 Å². The van der Waals surface area contributed by atoms with Gasteiger partial charge in [0.25, 0.3) is 15.9 Å². The number of rotatable bonds is 6. The van der Waals surface area contributed by atoms with Gasteiger partial charge in [0.1, 0.15) is 4.90 Å². The zero-order chi connectivity index (χ0) is 20.9. The Balaban J connectivity index is 2.21. The van der Waals surface area contributed by atoms with Gasteiger partial charge in [-0.25, -0.2) is 8.42 Å². The number of hydrogen-bond acceptors (Lipinski definition) is 4. The van der Waals surface area contributed by atoms with Crippen LogP contribution in [0, 0.1) is 5.92 Å². The van der Waals surface area contributed by atoms with Crippen molar-refractivity contribution >= 4 is 50.7 Å². The van der Waals surface area contributed by atoms with Gasteiger partial charge in [-0.2, -0.15) is 0 Å². The van der Waals surface area contributed by atoms with Crippen LogP contribution < -0.4 is 15.6 Å². The largest absolute Gasteiger partial charge is 0.278 e. The number of benzene rings is 2. The number of carbonyl (C=O) groups excluding carboxylic acids is 2. The van der Waals surface area contributed by atoms with Gasteiger partial charge in [0, 0.05) is 12.0 Å². The maximum Gasteiger partial charge on any atom is 0.269 e. The third kappa shape index (κ3) is 5.85. The summed E-state index contributed by atoms with van der Waals surface area (Å²) in [7, 11) is -4.10. The van der Waals surface area contributed by atoms with E-state index < -0.39 is 15.9 Å². The van der Waals surface area contributed by atoms with Crippen LogP contribution in [0.1, 0.15) is 30.6 Å². The van der Waals surface area contributed by atoms with Gasteiger partial charge in [0.15, 0.2) is 0 Å². The average molecular weight is 444 g/mol. The molecule has 0 aliphatic carbocycles. The van der Waals surface area contributed by atoms with Crippen molar-refractivity contribution in [2.75, 3.05) is 4.72 Å². The van der Waals surface area contributed by atoms with Crippen molar-refractivity contribution in [2.45, 2.75) is 25.2 Å². The summed E-state index contributed by atoms with van der Waals surface area (Å²) in [5.74, 6) is -0.909. The minimum atomic E-state index is -4.10. The molecular weight excluding hydrogens is 425 g/mol. The molecule has 0 saturated carbocycles. The van der Waals surface area contributed by atoms with Gasteiger partial charge in [0.05, 0.1) is 15.7 Å². The van der Waals surface area contributed by atoms with Crippen LogP contribution in [0.15, 0.2) is 47.4 Å². The van der Waals surface area contributed by atoms with Crippen molar-refractivity contribution in [3.8, 4) is 0 Å². The van der Waals surface area contributed by atoms with Gasteiger partial charge in [-0.1, -0.05) is 49.2 Å². The molecular formula is C18H19Cl2N3O4S. The molecule has 2 aromatic carbocycles. The zero-order valence-electron chi connectivity index (χ0n) is 15.1. The van der Waals surface area contributed by atoms with Crippen molar-refractivity contribution in [1.29, 1.82) is 0 Å². The number of nitrogens with one attached hydrogen (secondary N) is 3. The maximum absolute atomic E-state index is 12.7. The lowest BCUT2D eigenvalue weighted by Crippen LogP contribution is -2.42. The lowest BCUT2D eigenvalue weighted by atomic mass is 10.1. The van der Waals surface area contributed by atoms with E-state index in [1.807, 2.05) is 13.8 Å². The third-order valence-corrected chi connectivity index (χ3v) is 5.69. The van der Waals surface area contributed by atoms with E-state index in [9.17, 15) is 18.0 Å². The van der Waals surface area contributed by atoms with Crippen LogP contribution >= 0.6 is 23.2 Å². The van der Waals surface area contributed by atoms with Gasteiger partial charge in [-0.15, -0.1) is 0 Å². The summed E-state index contributed by atoms with van der Waals surface area (Å²) >= 11 is 12.0.